The maximum absolute atomic E-state index is 13.9. The molecule has 0 spiro atoms. The van der Waals surface area contributed by atoms with Crippen LogP contribution in [-0.2, 0) is 6.42 Å². The summed E-state index contributed by atoms with van der Waals surface area (Å²) in [6.07, 6.45) is 0.409. The molecular formula is C35H37O. The SMILES string of the molecule is CC(C)c1cc(C(C)C)c(CC(=O)c2cc(-c3ccccc3)[c]c(-c3ccccc3)c2)c(C(C)C)c1. The summed E-state index contributed by atoms with van der Waals surface area (Å²) >= 11 is 0. The van der Waals surface area contributed by atoms with Gasteiger partial charge in [-0.05, 0) is 80.5 Å². The molecule has 0 aliphatic heterocycles. The molecule has 0 heterocycles. The molecule has 0 bridgehead atoms. The molecule has 183 valence electrons. The number of ketones is 1. The van der Waals surface area contributed by atoms with E-state index >= 15 is 0 Å². The van der Waals surface area contributed by atoms with Crippen LogP contribution in [0, 0.1) is 6.07 Å². The van der Waals surface area contributed by atoms with Crippen molar-refractivity contribution < 1.29 is 4.79 Å². The number of carbonyl (C=O) groups excluding carboxylic acids is 1. The summed E-state index contributed by atoms with van der Waals surface area (Å²) in [5.74, 6) is 1.32. The van der Waals surface area contributed by atoms with E-state index < -0.39 is 0 Å². The summed E-state index contributed by atoms with van der Waals surface area (Å²) in [5, 5.41) is 0. The number of benzene rings is 4. The van der Waals surface area contributed by atoms with Crippen LogP contribution in [0.15, 0.2) is 84.9 Å². The topological polar surface area (TPSA) is 17.1 Å². The molecule has 4 aromatic rings. The standard InChI is InChI=1S/C35H37O/c1-23(2)28-20-32(24(3)4)34(33(21-28)25(5)6)22-35(36)31-18-29(26-13-9-7-10-14-26)17-30(19-31)27-15-11-8-12-16-27/h7-16,18-21,23-25H,22H2,1-6H3. The van der Waals surface area contributed by atoms with Gasteiger partial charge in [0.05, 0.1) is 0 Å². The Hall–Kier alpha value is -3.45. The minimum Gasteiger partial charge on any atom is -0.294 e. The molecule has 4 rings (SSSR count). The first kappa shape index (κ1) is 25.6. The van der Waals surface area contributed by atoms with E-state index in [9.17, 15) is 4.79 Å². The molecule has 0 saturated heterocycles. The van der Waals surface area contributed by atoms with E-state index in [2.05, 4.69) is 84.0 Å². The van der Waals surface area contributed by atoms with Crippen molar-refractivity contribution in [3.8, 4) is 22.3 Å². The second kappa shape index (κ2) is 11.1. The number of rotatable bonds is 8. The average molecular weight is 474 g/mol. The Morgan fingerprint density at radius 3 is 1.47 bits per heavy atom. The van der Waals surface area contributed by atoms with Crippen LogP contribution in [0.4, 0.5) is 0 Å². The van der Waals surface area contributed by atoms with Crippen LogP contribution in [0.2, 0.25) is 0 Å². The fraction of sp³-hybridized carbons (Fsp3) is 0.286. The fourth-order valence-electron chi connectivity index (χ4n) is 4.85. The Morgan fingerprint density at radius 2 is 1.08 bits per heavy atom. The molecule has 0 aliphatic rings. The van der Waals surface area contributed by atoms with Crippen molar-refractivity contribution in [2.75, 3.05) is 0 Å². The molecule has 1 heteroatoms. The van der Waals surface area contributed by atoms with Gasteiger partial charge in [-0.1, -0.05) is 114 Å². The lowest BCUT2D eigenvalue weighted by molar-refractivity contribution is 0.0992. The highest BCUT2D eigenvalue weighted by molar-refractivity contribution is 6.00. The quantitative estimate of drug-likeness (QED) is 0.233. The van der Waals surface area contributed by atoms with Gasteiger partial charge in [0.15, 0.2) is 5.78 Å². The smallest absolute Gasteiger partial charge is 0.167 e. The zero-order valence-corrected chi connectivity index (χ0v) is 22.4. The van der Waals surface area contributed by atoms with E-state index in [1.165, 1.54) is 22.3 Å². The Balaban J connectivity index is 1.82. The molecule has 0 N–H and O–H groups in total. The summed E-state index contributed by atoms with van der Waals surface area (Å²) in [4.78, 5) is 13.9. The van der Waals surface area contributed by atoms with Gasteiger partial charge in [-0.2, -0.15) is 0 Å². The average Bonchev–Trinajstić information content (AvgIpc) is 2.89. The van der Waals surface area contributed by atoms with Crippen molar-refractivity contribution in [1.82, 2.24) is 0 Å². The summed E-state index contributed by atoms with van der Waals surface area (Å²) in [6.45, 7) is 13.4. The molecule has 0 saturated carbocycles. The third-order valence-electron chi connectivity index (χ3n) is 6.95. The molecule has 1 nitrogen and oxygen atoms in total. The van der Waals surface area contributed by atoms with Crippen molar-refractivity contribution in [2.24, 2.45) is 0 Å². The van der Waals surface area contributed by atoms with Gasteiger partial charge in [0, 0.05) is 12.0 Å². The van der Waals surface area contributed by atoms with Gasteiger partial charge in [-0.25, -0.2) is 0 Å². The first-order valence-electron chi connectivity index (χ1n) is 13.1. The minimum absolute atomic E-state index is 0.152. The van der Waals surface area contributed by atoms with Crippen LogP contribution in [-0.4, -0.2) is 5.78 Å². The molecule has 0 amide bonds. The molecule has 1 radical (unpaired) electrons. The molecule has 36 heavy (non-hydrogen) atoms. The minimum atomic E-state index is 0.152. The van der Waals surface area contributed by atoms with Crippen LogP contribution in [0.25, 0.3) is 22.3 Å². The van der Waals surface area contributed by atoms with E-state index in [1.54, 1.807) is 0 Å². The zero-order valence-electron chi connectivity index (χ0n) is 22.4. The van der Waals surface area contributed by atoms with Crippen LogP contribution < -0.4 is 0 Å². The first-order chi connectivity index (χ1) is 17.2. The van der Waals surface area contributed by atoms with Gasteiger partial charge in [-0.3, -0.25) is 4.79 Å². The summed E-state index contributed by atoms with van der Waals surface area (Å²) < 4.78 is 0. The normalized spacial score (nSPS) is 11.5. The van der Waals surface area contributed by atoms with Gasteiger partial charge in [-0.15, -0.1) is 0 Å². The molecule has 0 unspecified atom stereocenters. The number of hydrogen-bond acceptors (Lipinski definition) is 1. The van der Waals surface area contributed by atoms with Gasteiger partial charge >= 0.3 is 0 Å². The Kier molecular flexibility index (Phi) is 7.89. The van der Waals surface area contributed by atoms with Crippen molar-refractivity contribution in [3.05, 3.63) is 119 Å². The van der Waals surface area contributed by atoms with Crippen LogP contribution in [0.1, 0.15) is 91.9 Å². The van der Waals surface area contributed by atoms with Crippen molar-refractivity contribution in [1.29, 1.82) is 0 Å². The van der Waals surface area contributed by atoms with E-state index in [0.29, 0.717) is 24.2 Å². The third kappa shape index (κ3) is 5.68. The highest BCUT2D eigenvalue weighted by Gasteiger charge is 2.21. The number of hydrogen-bond donors (Lipinski definition) is 0. The van der Waals surface area contributed by atoms with Gasteiger partial charge < -0.3 is 0 Å². The Labute approximate surface area is 217 Å². The van der Waals surface area contributed by atoms with Crippen molar-refractivity contribution in [3.63, 3.8) is 0 Å². The van der Waals surface area contributed by atoms with E-state index in [0.717, 1.165) is 27.8 Å². The molecule has 0 aromatic heterocycles. The lowest BCUT2D eigenvalue weighted by Crippen LogP contribution is -2.12. The highest BCUT2D eigenvalue weighted by atomic mass is 16.1. The lowest BCUT2D eigenvalue weighted by Gasteiger charge is -2.23. The largest absolute Gasteiger partial charge is 0.294 e. The van der Waals surface area contributed by atoms with Crippen LogP contribution in [0.5, 0.6) is 0 Å². The maximum atomic E-state index is 13.9. The monoisotopic (exact) mass is 473 g/mol. The molecule has 0 aliphatic carbocycles. The van der Waals surface area contributed by atoms with Crippen molar-refractivity contribution in [2.45, 2.75) is 65.7 Å². The van der Waals surface area contributed by atoms with Crippen LogP contribution in [0.3, 0.4) is 0 Å². The Morgan fingerprint density at radius 1 is 0.639 bits per heavy atom. The highest BCUT2D eigenvalue weighted by Crippen LogP contribution is 2.34. The van der Waals surface area contributed by atoms with Gasteiger partial charge in [0.1, 0.15) is 0 Å². The molecule has 0 atom stereocenters. The summed E-state index contributed by atoms with van der Waals surface area (Å²) in [6, 6.07) is 32.7. The van der Waals surface area contributed by atoms with Crippen LogP contribution >= 0.6 is 0 Å². The van der Waals surface area contributed by atoms with E-state index in [-0.39, 0.29) is 5.78 Å². The first-order valence-corrected chi connectivity index (χ1v) is 13.1. The number of Topliss-reactive ketones (excluding diaryl/α,β-unsaturated/α-hetero) is 1. The molecule has 4 aromatic carbocycles. The predicted octanol–water partition coefficient (Wildman–Crippen LogP) is 9.62. The third-order valence-corrected chi connectivity index (χ3v) is 6.95. The second-order valence-electron chi connectivity index (χ2n) is 10.7. The molecular weight excluding hydrogens is 436 g/mol. The van der Waals surface area contributed by atoms with E-state index in [4.69, 9.17) is 0 Å². The van der Waals surface area contributed by atoms with Gasteiger partial charge in [0.25, 0.3) is 0 Å². The maximum Gasteiger partial charge on any atom is 0.167 e. The summed E-state index contributed by atoms with van der Waals surface area (Å²) in [7, 11) is 0. The Bertz CT molecular complexity index is 1240. The lowest BCUT2D eigenvalue weighted by atomic mass is 9.82. The van der Waals surface area contributed by atoms with E-state index in [1.807, 2.05) is 48.5 Å². The van der Waals surface area contributed by atoms with Gasteiger partial charge in [0.2, 0.25) is 0 Å². The fourth-order valence-corrected chi connectivity index (χ4v) is 4.85. The summed E-state index contributed by atoms with van der Waals surface area (Å²) in [5.41, 5.74) is 9.92. The predicted molar refractivity (Wildman–Crippen MR) is 153 cm³/mol. The molecule has 0 fully saturated rings. The second-order valence-corrected chi connectivity index (χ2v) is 10.7. The van der Waals surface area contributed by atoms with Crippen molar-refractivity contribution >= 4 is 5.78 Å². The zero-order chi connectivity index (χ0) is 25.8. The number of carbonyl (C=O) groups is 1.